The second-order valence-electron chi connectivity index (χ2n) is 7.46. The molecule has 0 saturated heterocycles. The summed E-state index contributed by atoms with van der Waals surface area (Å²) in [5, 5.41) is 14.1. The number of imidazole rings is 2. The highest BCUT2D eigenvalue weighted by Crippen LogP contribution is 2.43. The van der Waals surface area contributed by atoms with Gasteiger partial charge in [-0.25, -0.2) is 18.9 Å². The molecule has 150 valence electrons. The van der Waals surface area contributed by atoms with E-state index in [-0.39, 0.29) is 11.9 Å². The first-order chi connectivity index (χ1) is 14.7. The third kappa shape index (κ3) is 3.13. The summed E-state index contributed by atoms with van der Waals surface area (Å²) in [6.45, 7) is 0.563. The molecular weight excluding hydrogens is 383 g/mol. The van der Waals surface area contributed by atoms with E-state index in [0.29, 0.717) is 35.3 Å². The van der Waals surface area contributed by atoms with E-state index < -0.39 is 0 Å². The molecule has 1 fully saturated rings. The summed E-state index contributed by atoms with van der Waals surface area (Å²) in [6, 6.07) is 12.2. The number of rotatable bonds is 6. The van der Waals surface area contributed by atoms with Gasteiger partial charge in [0.2, 0.25) is 0 Å². The molecule has 0 bridgehead atoms. The number of hydrogen-bond acceptors (Lipinski definition) is 5. The third-order valence-corrected chi connectivity index (χ3v) is 5.49. The predicted octanol–water partition coefficient (Wildman–Crippen LogP) is 3.87. The van der Waals surface area contributed by atoms with Crippen LogP contribution in [0.1, 0.15) is 24.6 Å². The van der Waals surface area contributed by atoms with Gasteiger partial charge in [0.15, 0.2) is 11.3 Å². The first-order valence-electron chi connectivity index (χ1n) is 9.76. The van der Waals surface area contributed by atoms with Crippen molar-refractivity contribution in [2.24, 2.45) is 5.92 Å². The summed E-state index contributed by atoms with van der Waals surface area (Å²) in [5.74, 6) is 0.220. The minimum Gasteiger partial charge on any atom is -0.383 e. The van der Waals surface area contributed by atoms with Crippen LogP contribution in [0.4, 0.5) is 4.39 Å². The fraction of sp³-hybridized carbons (Fsp3) is 0.273. The van der Waals surface area contributed by atoms with E-state index in [9.17, 15) is 9.65 Å². The first-order valence-corrected chi connectivity index (χ1v) is 9.76. The zero-order chi connectivity index (χ0) is 20.7. The van der Waals surface area contributed by atoms with Gasteiger partial charge in [-0.15, -0.1) is 0 Å². The summed E-state index contributed by atoms with van der Waals surface area (Å²) in [7, 11) is 1.70. The number of hydrogen-bond donors (Lipinski definition) is 0. The van der Waals surface area contributed by atoms with Crippen molar-refractivity contribution in [2.45, 2.75) is 18.9 Å². The van der Waals surface area contributed by atoms with E-state index >= 15 is 0 Å². The van der Waals surface area contributed by atoms with Crippen LogP contribution in [-0.4, -0.2) is 37.9 Å². The third-order valence-electron chi connectivity index (χ3n) is 5.49. The molecule has 1 unspecified atom stereocenters. The number of methoxy groups -OCH3 is 1. The molecule has 8 heteroatoms. The van der Waals surface area contributed by atoms with Crippen LogP contribution in [0.5, 0.6) is 0 Å². The van der Waals surface area contributed by atoms with Crippen molar-refractivity contribution in [2.75, 3.05) is 13.7 Å². The Morgan fingerprint density at radius 1 is 1.20 bits per heavy atom. The topological polar surface area (TPSA) is 81.0 Å². The smallest absolute Gasteiger partial charge is 0.162 e. The second kappa shape index (κ2) is 7.35. The van der Waals surface area contributed by atoms with Gasteiger partial charge in [0.25, 0.3) is 0 Å². The first kappa shape index (κ1) is 18.5. The molecule has 4 aromatic rings. The second-order valence-corrected chi connectivity index (χ2v) is 7.46. The average molecular weight is 402 g/mol. The van der Waals surface area contributed by atoms with Gasteiger partial charge < -0.3 is 9.30 Å². The molecule has 0 aliphatic heterocycles. The molecule has 3 heterocycles. The molecule has 0 radical (unpaired) electrons. The predicted molar refractivity (Wildman–Crippen MR) is 108 cm³/mol. The van der Waals surface area contributed by atoms with E-state index in [4.69, 9.17) is 9.84 Å². The fourth-order valence-electron chi connectivity index (χ4n) is 3.86. The Balaban J connectivity index is 1.72. The molecule has 1 saturated carbocycles. The van der Waals surface area contributed by atoms with Gasteiger partial charge in [0.05, 0.1) is 36.6 Å². The van der Waals surface area contributed by atoms with E-state index in [1.54, 1.807) is 25.6 Å². The molecule has 7 nitrogen and oxygen atoms in total. The molecule has 30 heavy (non-hydrogen) atoms. The quantitative estimate of drug-likeness (QED) is 0.489. The molecule has 0 spiro atoms. The number of fused-ring (bicyclic) bond motifs is 1. The standard InChI is InChI=1S/C22H19FN6O/c1-30-12-19(14-2-3-14)28-13-26-21(15-4-6-16(23)7-5-15)22(28)18-8-9-20-25-11-17(10-24)29(20)27-18/h4-9,11,13-14,19H,2-3,12H2,1H3. The Kier molecular flexibility index (Phi) is 4.52. The van der Waals surface area contributed by atoms with Crippen LogP contribution in [0.3, 0.4) is 0 Å². The highest BCUT2D eigenvalue weighted by molar-refractivity contribution is 5.77. The largest absolute Gasteiger partial charge is 0.383 e. The molecule has 1 aliphatic rings. The summed E-state index contributed by atoms with van der Waals surface area (Å²) in [6.07, 6.45) is 5.59. The Morgan fingerprint density at radius 3 is 2.70 bits per heavy atom. The van der Waals surface area contributed by atoms with Crippen molar-refractivity contribution in [3.05, 3.63) is 60.4 Å². The van der Waals surface area contributed by atoms with Crippen molar-refractivity contribution < 1.29 is 9.13 Å². The van der Waals surface area contributed by atoms with Crippen LogP contribution in [-0.2, 0) is 4.74 Å². The lowest BCUT2D eigenvalue weighted by Crippen LogP contribution is -2.17. The summed E-state index contributed by atoms with van der Waals surface area (Å²) in [5.41, 5.74) is 3.94. The fourth-order valence-corrected chi connectivity index (χ4v) is 3.86. The summed E-state index contributed by atoms with van der Waals surface area (Å²) >= 11 is 0. The lowest BCUT2D eigenvalue weighted by atomic mass is 10.1. The zero-order valence-electron chi connectivity index (χ0n) is 16.4. The van der Waals surface area contributed by atoms with E-state index in [2.05, 4.69) is 20.6 Å². The normalized spacial score (nSPS) is 14.7. The molecule has 5 rings (SSSR count). The Bertz CT molecular complexity index is 1250. The van der Waals surface area contributed by atoms with Gasteiger partial charge in [-0.3, -0.25) is 0 Å². The van der Waals surface area contributed by atoms with E-state index in [1.807, 2.05) is 12.1 Å². The number of benzene rings is 1. The van der Waals surface area contributed by atoms with Gasteiger partial charge in [0, 0.05) is 12.7 Å². The number of nitrogens with zero attached hydrogens (tertiary/aromatic N) is 6. The van der Waals surface area contributed by atoms with E-state index in [0.717, 1.165) is 24.1 Å². The molecule has 3 aromatic heterocycles. The SMILES string of the molecule is COCC(C1CC1)n1cnc(-c2ccc(F)cc2)c1-c1ccc2ncc(C#N)n2n1. The van der Waals surface area contributed by atoms with Crippen LogP contribution in [0.2, 0.25) is 0 Å². The maximum atomic E-state index is 13.5. The lowest BCUT2D eigenvalue weighted by Gasteiger charge is -2.20. The molecule has 1 aromatic carbocycles. The average Bonchev–Trinajstić information content (AvgIpc) is 3.38. The number of halogens is 1. The van der Waals surface area contributed by atoms with Crippen molar-refractivity contribution in [1.82, 2.24) is 24.1 Å². The van der Waals surface area contributed by atoms with Gasteiger partial charge in [0.1, 0.15) is 17.6 Å². The lowest BCUT2D eigenvalue weighted by molar-refractivity contribution is 0.146. The van der Waals surface area contributed by atoms with E-state index in [1.165, 1.54) is 22.8 Å². The Morgan fingerprint density at radius 2 is 2.00 bits per heavy atom. The van der Waals surface area contributed by atoms with Gasteiger partial charge in [-0.2, -0.15) is 10.4 Å². The van der Waals surface area contributed by atoms with Gasteiger partial charge >= 0.3 is 0 Å². The summed E-state index contributed by atoms with van der Waals surface area (Å²) in [4.78, 5) is 8.89. The van der Waals surface area contributed by atoms with Crippen molar-refractivity contribution >= 4 is 5.65 Å². The highest BCUT2D eigenvalue weighted by atomic mass is 19.1. The number of aromatic nitrogens is 5. The van der Waals surface area contributed by atoms with Crippen LogP contribution < -0.4 is 0 Å². The summed E-state index contributed by atoms with van der Waals surface area (Å²) < 4.78 is 22.6. The number of ether oxygens (including phenoxy) is 1. The molecule has 0 amide bonds. The van der Waals surface area contributed by atoms with Crippen molar-refractivity contribution in [1.29, 1.82) is 5.26 Å². The van der Waals surface area contributed by atoms with Gasteiger partial charge in [-0.05, 0) is 55.2 Å². The molecular formula is C22H19FN6O. The Hall–Kier alpha value is -3.57. The van der Waals surface area contributed by atoms with Crippen molar-refractivity contribution in [3.8, 4) is 28.7 Å². The number of nitriles is 1. The minimum absolute atomic E-state index is 0.127. The van der Waals surface area contributed by atoms with Crippen LogP contribution in [0.15, 0.2) is 48.9 Å². The van der Waals surface area contributed by atoms with Crippen molar-refractivity contribution in [3.63, 3.8) is 0 Å². The monoisotopic (exact) mass is 402 g/mol. The van der Waals surface area contributed by atoms with Gasteiger partial charge in [-0.1, -0.05) is 0 Å². The molecule has 0 N–H and O–H groups in total. The molecule has 1 atom stereocenters. The maximum absolute atomic E-state index is 13.5. The van der Waals surface area contributed by atoms with Crippen LogP contribution >= 0.6 is 0 Å². The Labute approximate surface area is 172 Å². The minimum atomic E-state index is -0.299. The molecule has 1 aliphatic carbocycles. The van der Waals surface area contributed by atoms with Crippen LogP contribution in [0, 0.1) is 23.1 Å². The highest BCUT2D eigenvalue weighted by Gasteiger charge is 2.35. The maximum Gasteiger partial charge on any atom is 0.162 e. The van der Waals surface area contributed by atoms with Crippen LogP contribution in [0.25, 0.3) is 28.3 Å². The zero-order valence-corrected chi connectivity index (χ0v) is 16.4.